The van der Waals surface area contributed by atoms with Crippen LogP contribution >= 0.6 is 34.4 Å². The van der Waals surface area contributed by atoms with E-state index in [0.29, 0.717) is 11.7 Å². The van der Waals surface area contributed by atoms with Crippen LogP contribution in [-0.2, 0) is 5.75 Å². The molecular formula is C9H14IN3S. The molecule has 2 N–H and O–H groups in total. The predicted octanol–water partition coefficient (Wildman–Crippen LogP) is 2.55. The molecule has 1 heterocycles. The highest BCUT2D eigenvalue weighted by molar-refractivity contribution is 14.1. The average molecular weight is 323 g/mol. The van der Waals surface area contributed by atoms with Crippen molar-refractivity contribution in [2.45, 2.75) is 19.6 Å². The fourth-order valence-corrected chi connectivity index (χ4v) is 2.04. The molecule has 0 saturated carbocycles. The minimum Gasteiger partial charge on any atom is -0.383 e. The zero-order valence-electron chi connectivity index (χ0n) is 8.33. The van der Waals surface area contributed by atoms with Crippen LogP contribution in [0.3, 0.4) is 0 Å². The molecule has 0 bridgehead atoms. The second kappa shape index (κ2) is 5.75. The van der Waals surface area contributed by atoms with Crippen molar-refractivity contribution in [1.82, 2.24) is 9.97 Å². The van der Waals surface area contributed by atoms with Crippen LogP contribution in [0.4, 0.5) is 5.82 Å². The SMILES string of the molecule is CC(C)CSCc1ncc(I)c(N)n1. The topological polar surface area (TPSA) is 51.8 Å². The summed E-state index contributed by atoms with van der Waals surface area (Å²) in [4.78, 5) is 8.42. The van der Waals surface area contributed by atoms with Crippen LogP contribution in [0.2, 0.25) is 0 Å². The Kier molecular flexibility index (Phi) is 4.94. The Balaban J connectivity index is 2.47. The van der Waals surface area contributed by atoms with Crippen molar-refractivity contribution in [3.8, 4) is 0 Å². The molecule has 1 aromatic rings. The minimum absolute atomic E-state index is 0.584. The second-order valence-electron chi connectivity index (χ2n) is 3.43. The van der Waals surface area contributed by atoms with Crippen LogP contribution in [0, 0.1) is 9.49 Å². The first-order valence-electron chi connectivity index (χ1n) is 4.44. The third kappa shape index (κ3) is 4.00. The molecule has 0 spiro atoms. The van der Waals surface area contributed by atoms with E-state index in [2.05, 4.69) is 46.4 Å². The van der Waals surface area contributed by atoms with Gasteiger partial charge in [-0.15, -0.1) is 0 Å². The van der Waals surface area contributed by atoms with Gasteiger partial charge in [0.1, 0.15) is 11.6 Å². The molecule has 0 amide bonds. The van der Waals surface area contributed by atoms with Crippen LogP contribution < -0.4 is 5.73 Å². The molecule has 0 aliphatic carbocycles. The van der Waals surface area contributed by atoms with E-state index in [4.69, 9.17) is 5.73 Å². The van der Waals surface area contributed by atoms with Crippen molar-refractivity contribution >= 4 is 40.2 Å². The Labute approximate surface area is 102 Å². The van der Waals surface area contributed by atoms with Crippen LogP contribution in [0.1, 0.15) is 19.7 Å². The lowest BCUT2D eigenvalue weighted by atomic mass is 10.3. The second-order valence-corrected chi connectivity index (χ2v) is 5.62. The van der Waals surface area contributed by atoms with Crippen molar-refractivity contribution in [1.29, 1.82) is 0 Å². The summed E-state index contributed by atoms with van der Waals surface area (Å²) in [6.45, 7) is 4.41. The van der Waals surface area contributed by atoms with Crippen LogP contribution in [0.5, 0.6) is 0 Å². The van der Waals surface area contributed by atoms with E-state index in [-0.39, 0.29) is 0 Å². The minimum atomic E-state index is 0.584. The number of rotatable bonds is 4. The quantitative estimate of drug-likeness (QED) is 0.865. The molecule has 0 atom stereocenters. The smallest absolute Gasteiger partial charge is 0.140 e. The molecule has 1 aromatic heterocycles. The summed E-state index contributed by atoms with van der Waals surface area (Å²) < 4.78 is 0.917. The molecule has 0 fully saturated rings. The highest BCUT2D eigenvalue weighted by atomic mass is 127. The van der Waals surface area contributed by atoms with Crippen LogP contribution in [-0.4, -0.2) is 15.7 Å². The predicted molar refractivity (Wildman–Crippen MR) is 70.2 cm³/mol. The van der Waals surface area contributed by atoms with Gasteiger partial charge >= 0.3 is 0 Å². The first-order chi connectivity index (χ1) is 6.59. The van der Waals surface area contributed by atoms with Gasteiger partial charge in [0.25, 0.3) is 0 Å². The Morgan fingerprint density at radius 3 is 2.86 bits per heavy atom. The number of nitrogen functional groups attached to an aromatic ring is 1. The number of anilines is 1. The van der Waals surface area contributed by atoms with Crippen LogP contribution in [0.15, 0.2) is 6.20 Å². The first-order valence-corrected chi connectivity index (χ1v) is 6.67. The van der Waals surface area contributed by atoms with Crippen molar-refractivity contribution in [2.75, 3.05) is 11.5 Å². The van der Waals surface area contributed by atoms with Gasteiger partial charge in [-0.3, -0.25) is 0 Å². The highest BCUT2D eigenvalue weighted by Gasteiger charge is 2.02. The third-order valence-electron chi connectivity index (χ3n) is 1.50. The lowest BCUT2D eigenvalue weighted by Gasteiger charge is -2.04. The number of nitrogens with two attached hydrogens (primary N) is 1. The molecular weight excluding hydrogens is 309 g/mol. The Bertz CT molecular complexity index is 304. The maximum Gasteiger partial charge on any atom is 0.140 e. The van der Waals surface area contributed by atoms with Crippen LogP contribution in [0.25, 0.3) is 0 Å². The summed E-state index contributed by atoms with van der Waals surface area (Å²) in [5.74, 6) is 4.10. The maximum absolute atomic E-state index is 5.68. The summed E-state index contributed by atoms with van der Waals surface area (Å²) in [5, 5.41) is 0. The summed E-state index contributed by atoms with van der Waals surface area (Å²) in [6, 6.07) is 0. The van der Waals surface area contributed by atoms with E-state index in [1.54, 1.807) is 6.20 Å². The van der Waals surface area contributed by atoms with Crippen molar-refractivity contribution in [3.63, 3.8) is 0 Å². The molecule has 3 nitrogen and oxygen atoms in total. The van der Waals surface area contributed by atoms with E-state index in [9.17, 15) is 0 Å². The van der Waals surface area contributed by atoms with Gasteiger partial charge in [0.15, 0.2) is 0 Å². The summed E-state index contributed by atoms with van der Waals surface area (Å²) in [7, 11) is 0. The van der Waals surface area contributed by atoms with Crippen molar-refractivity contribution in [3.05, 3.63) is 15.6 Å². The van der Waals surface area contributed by atoms with E-state index in [1.807, 2.05) is 11.8 Å². The molecule has 78 valence electrons. The van der Waals surface area contributed by atoms with E-state index in [0.717, 1.165) is 20.9 Å². The number of nitrogens with zero attached hydrogens (tertiary/aromatic N) is 2. The van der Waals surface area contributed by atoms with E-state index >= 15 is 0 Å². The van der Waals surface area contributed by atoms with Crippen molar-refractivity contribution in [2.24, 2.45) is 5.92 Å². The first kappa shape index (κ1) is 12.0. The average Bonchev–Trinajstić information content (AvgIpc) is 2.10. The van der Waals surface area contributed by atoms with Gasteiger partial charge in [-0.05, 0) is 34.3 Å². The number of aromatic nitrogens is 2. The lowest BCUT2D eigenvalue weighted by molar-refractivity contribution is 0.750. The molecule has 0 unspecified atom stereocenters. The Morgan fingerprint density at radius 1 is 1.57 bits per heavy atom. The zero-order chi connectivity index (χ0) is 10.6. The molecule has 0 aliphatic heterocycles. The summed E-state index contributed by atoms with van der Waals surface area (Å²) in [6.07, 6.45) is 1.77. The molecule has 5 heteroatoms. The van der Waals surface area contributed by atoms with Crippen molar-refractivity contribution < 1.29 is 0 Å². The molecule has 0 aromatic carbocycles. The monoisotopic (exact) mass is 323 g/mol. The fraction of sp³-hybridized carbons (Fsp3) is 0.556. The Hall–Kier alpha value is -0.0400. The summed E-state index contributed by atoms with van der Waals surface area (Å²) in [5.41, 5.74) is 5.68. The van der Waals surface area contributed by atoms with Gasteiger partial charge in [0.2, 0.25) is 0 Å². The number of halogens is 1. The van der Waals surface area contributed by atoms with E-state index in [1.165, 1.54) is 0 Å². The van der Waals surface area contributed by atoms with Gasteiger partial charge in [-0.1, -0.05) is 13.8 Å². The van der Waals surface area contributed by atoms with Gasteiger partial charge in [0.05, 0.1) is 9.32 Å². The number of hydrogen-bond acceptors (Lipinski definition) is 4. The Morgan fingerprint density at radius 2 is 2.29 bits per heavy atom. The number of hydrogen-bond donors (Lipinski definition) is 1. The van der Waals surface area contributed by atoms with Gasteiger partial charge in [-0.25, -0.2) is 9.97 Å². The normalized spacial score (nSPS) is 10.9. The highest BCUT2D eigenvalue weighted by Crippen LogP contribution is 2.15. The molecule has 1 rings (SSSR count). The molecule has 0 radical (unpaired) electrons. The number of thioether (sulfide) groups is 1. The standard InChI is InChI=1S/C9H14IN3S/c1-6(2)4-14-5-8-12-3-7(10)9(11)13-8/h3,6H,4-5H2,1-2H3,(H2,11,12,13). The molecule has 0 aliphatic rings. The van der Waals surface area contributed by atoms with Gasteiger partial charge < -0.3 is 5.73 Å². The third-order valence-corrected chi connectivity index (χ3v) is 3.70. The summed E-state index contributed by atoms with van der Waals surface area (Å²) >= 11 is 3.98. The molecule has 0 saturated heterocycles. The lowest BCUT2D eigenvalue weighted by Crippen LogP contribution is -2.01. The fourth-order valence-electron chi connectivity index (χ4n) is 0.874. The van der Waals surface area contributed by atoms with Gasteiger partial charge in [-0.2, -0.15) is 11.8 Å². The maximum atomic E-state index is 5.68. The van der Waals surface area contributed by atoms with Gasteiger partial charge in [0, 0.05) is 6.20 Å². The zero-order valence-corrected chi connectivity index (χ0v) is 11.3. The molecule has 14 heavy (non-hydrogen) atoms. The largest absolute Gasteiger partial charge is 0.383 e. The van der Waals surface area contributed by atoms with E-state index < -0.39 is 0 Å².